The Balaban J connectivity index is 2.33. The molecule has 94 valence electrons. The maximum Gasteiger partial charge on any atom is 0.292 e. The van der Waals surface area contributed by atoms with Gasteiger partial charge in [0.2, 0.25) is 0 Å². The van der Waals surface area contributed by atoms with Gasteiger partial charge in [0.1, 0.15) is 0 Å². The van der Waals surface area contributed by atoms with Crippen molar-refractivity contribution in [3.8, 4) is 0 Å². The van der Waals surface area contributed by atoms with Crippen LogP contribution in [0.3, 0.4) is 0 Å². The van der Waals surface area contributed by atoms with Crippen molar-refractivity contribution in [2.24, 2.45) is 0 Å². The van der Waals surface area contributed by atoms with E-state index in [1.807, 2.05) is 35.0 Å². The fourth-order valence-corrected chi connectivity index (χ4v) is 2.17. The summed E-state index contributed by atoms with van der Waals surface area (Å²) in [6.07, 6.45) is 1.81. The number of nitrogens with zero attached hydrogens (tertiary/aromatic N) is 2. The predicted octanol–water partition coefficient (Wildman–Crippen LogP) is 3.71. The molecule has 0 bridgehead atoms. The molecule has 0 aliphatic carbocycles. The van der Waals surface area contributed by atoms with Crippen LogP contribution in [0.1, 0.15) is 16.8 Å². The van der Waals surface area contributed by atoms with Gasteiger partial charge in [-0.25, -0.2) is 0 Å². The van der Waals surface area contributed by atoms with Crippen molar-refractivity contribution >= 4 is 17.3 Å². The third-order valence-electron chi connectivity index (χ3n) is 2.95. The third-order valence-corrected chi connectivity index (χ3v) is 3.20. The van der Waals surface area contributed by atoms with E-state index in [0.29, 0.717) is 22.8 Å². The van der Waals surface area contributed by atoms with Crippen LogP contribution >= 0.6 is 11.6 Å². The van der Waals surface area contributed by atoms with Gasteiger partial charge in [-0.1, -0.05) is 23.7 Å². The Bertz CT molecular complexity index is 588. The van der Waals surface area contributed by atoms with Gasteiger partial charge >= 0.3 is 0 Å². The van der Waals surface area contributed by atoms with Crippen LogP contribution in [0.15, 0.2) is 30.5 Å². The molecule has 0 unspecified atom stereocenters. The summed E-state index contributed by atoms with van der Waals surface area (Å²) in [7, 11) is 0. The summed E-state index contributed by atoms with van der Waals surface area (Å²) in [6, 6.07) is 7.47. The molecule has 5 heteroatoms. The first-order valence-corrected chi connectivity index (χ1v) is 5.92. The zero-order valence-electron chi connectivity index (χ0n) is 10.2. The van der Waals surface area contributed by atoms with Crippen LogP contribution in [0.5, 0.6) is 0 Å². The fourth-order valence-electron chi connectivity index (χ4n) is 2.04. The topological polar surface area (TPSA) is 48.1 Å². The van der Waals surface area contributed by atoms with Gasteiger partial charge in [-0.15, -0.1) is 0 Å². The molecule has 0 saturated carbocycles. The molecule has 2 rings (SSSR count). The number of aryl methyl sites for hydroxylation is 1. The minimum Gasteiger partial charge on any atom is -0.341 e. The fraction of sp³-hybridized carbons (Fsp3) is 0.231. The molecule has 1 aromatic carbocycles. The predicted molar refractivity (Wildman–Crippen MR) is 71.1 cm³/mol. The Morgan fingerprint density at radius 1 is 1.28 bits per heavy atom. The van der Waals surface area contributed by atoms with E-state index >= 15 is 0 Å². The monoisotopic (exact) mass is 264 g/mol. The van der Waals surface area contributed by atoms with Crippen LogP contribution in [0.2, 0.25) is 5.02 Å². The van der Waals surface area contributed by atoms with E-state index in [-0.39, 0.29) is 10.6 Å². The molecule has 1 heterocycles. The lowest BCUT2D eigenvalue weighted by atomic mass is 10.2. The summed E-state index contributed by atoms with van der Waals surface area (Å²) >= 11 is 5.82. The average Bonchev–Trinajstić information content (AvgIpc) is 2.57. The molecule has 4 nitrogen and oxygen atoms in total. The second-order valence-corrected chi connectivity index (χ2v) is 4.69. The Morgan fingerprint density at radius 3 is 2.39 bits per heavy atom. The molecule has 0 aliphatic rings. The molecule has 0 N–H and O–H groups in total. The molecule has 0 amide bonds. The second kappa shape index (κ2) is 4.82. The molecular weight excluding hydrogens is 252 g/mol. The van der Waals surface area contributed by atoms with E-state index in [1.54, 1.807) is 13.8 Å². The van der Waals surface area contributed by atoms with Gasteiger partial charge in [-0.05, 0) is 31.5 Å². The number of rotatable bonds is 3. The standard InChI is InChI=1S/C13H13ClN2O2/c1-9-7-15(10(2)13(9)16(17)18)8-11-3-5-12(14)6-4-11/h3-7H,8H2,1-2H3. The van der Waals surface area contributed by atoms with E-state index in [0.717, 1.165) is 5.56 Å². The van der Waals surface area contributed by atoms with Gasteiger partial charge in [0, 0.05) is 23.3 Å². The molecule has 0 aliphatic heterocycles. The summed E-state index contributed by atoms with van der Waals surface area (Å²) in [5.41, 5.74) is 2.62. The first kappa shape index (κ1) is 12.6. The summed E-state index contributed by atoms with van der Waals surface area (Å²) < 4.78 is 1.89. The summed E-state index contributed by atoms with van der Waals surface area (Å²) in [5.74, 6) is 0. The maximum absolute atomic E-state index is 10.9. The highest BCUT2D eigenvalue weighted by Crippen LogP contribution is 2.25. The molecule has 2 aromatic rings. The number of nitro groups is 1. The van der Waals surface area contributed by atoms with Crippen molar-refractivity contribution in [1.82, 2.24) is 4.57 Å². The van der Waals surface area contributed by atoms with E-state index < -0.39 is 0 Å². The van der Waals surface area contributed by atoms with Crippen molar-refractivity contribution in [1.29, 1.82) is 0 Å². The summed E-state index contributed by atoms with van der Waals surface area (Å²) in [6.45, 7) is 4.13. The number of hydrogen-bond acceptors (Lipinski definition) is 2. The molecule has 1 aromatic heterocycles. The zero-order chi connectivity index (χ0) is 13.3. The lowest BCUT2D eigenvalue weighted by molar-refractivity contribution is -0.386. The lowest BCUT2D eigenvalue weighted by Crippen LogP contribution is -2.01. The van der Waals surface area contributed by atoms with Crippen LogP contribution in [0, 0.1) is 24.0 Å². The van der Waals surface area contributed by atoms with Gasteiger partial charge in [0.15, 0.2) is 0 Å². The SMILES string of the molecule is Cc1cn(Cc2ccc(Cl)cc2)c(C)c1[N+](=O)[O-]. The Labute approximate surface area is 110 Å². The van der Waals surface area contributed by atoms with E-state index in [9.17, 15) is 10.1 Å². The first-order valence-electron chi connectivity index (χ1n) is 5.54. The molecule has 0 atom stereocenters. The third kappa shape index (κ3) is 2.38. The van der Waals surface area contributed by atoms with Crippen LogP contribution in [0.4, 0.5) is 5.69 Å². The molecule has 18 heavy (non-hydrogen) atoms. The van der Waals surface area contributed by atoms with E-state index in [1.165, 1.54) is 0 Å². The molecule has 0 radical (unpaired) electrons. The molecular formula is C13H13ClN2O2. The normalized spacial score (nSPS) is 10.6. The second-order valence-electron chi connectivity index (χ2n) is 4.26. The largest absolute Gasteiger partial charge is 0.341 e. The maximum atomic E-state index is 10.9. The molecule has 0 spiro atoms. The number of benzene rings is 1. The Kier molecular flexibility index (Phi) is 3.39. The van der Waals surface area contributed by atoms with Crippen molar-refractivity contribution in [2.75, 3.05) is 0 Å². The average molecular weight is 265 g/mol. The minimum atomic E-state index is -0.330. The quantitative estimate of drug-likeness (QED) is 0.627. The van der Waals surface area contributed by atoms with Gasteiger partial charge in [-0.2, -0.15) is 0 Å². The summed E-state index contributed by atoms with van der Waals surface area (Å²) in [5, 5.41) is 11.6. The highest BCUT2D eigenvalue weighted by Gasteiger charge is 2.19. The van der Waals surface area contributed by atoms with E-state index in [2.05, 4.69) is 0 Å². The van der Waals surface area contributed by atoms with Crippen molar-refractivity contribution < 1.29 is 4.92 Å². The van der Waals surface area contributed by atoms with E-state index in [4.69, 9.17) is 11.6 Å². The highest BCUT2D eigenvalue weighted by atomic mass is 35.5. The van der Waals surface area contributed by atoms with Crippen molar-refractivity contribution in [3.63, 3.8) is 0 Å². The van der Waals surface area contributed by atoms with Gasteiger partial charge in [0.05, 0.1) is 10.6 Å². The Morgan fingerprint density at radius 2 is 1.89 bits per heavy atom. The molecule has 0 saturated heterocycles. The molecule has 0 fully saturated rings. The van der Waals surface area contributed by atoms with Gasteiger partial charge < -0.3 is 4.57 Å². The number of hydrogen-bond donors (Lipinski definition) is 0. The first-order chi connectivity index (χ1) is 8.49. The number of halogens is 1. The van der Waals surface area contributed by atoms with Crippen LogP contribution < -0.4 is 0 Å². The van der Waals surface area contributed by atoms with Crippen LogP contribution in [0.25, 0.3) is 0 Å². The van der Waals surface area contributed by atoms with Gasteiger partial charge in [-0.3, -0.25) is 10.1 Å². The van der Waals surface area contributed by atoms with Crippen LogP contribution in [-0.2, 0) is 6.54 Å². The smallest absolute Gasteiger partial charge is 0.292 e. The minimum absolute atomic E-state index is 0.198. The summed E-state index contributed by atoms with van der Waals surface area (Å²) in [4.78, 5) is 10.6. The van der Waals surface area contributed by atoms with Crippen LogP contribution in [-0.4, -0.2) is 9.49 Å². The number of aromatic nitrogens is 1. The van der Waals surface area contributed by atoms with Crippen molar-refractivity contribution in [2.45, 2.75) is 20.4 Å². The highest BCUT2D eigenvalue weighted by molar-refractivity contribution is 6.30. The lowest BCUT2D eigenvalue weighted by Gasteiger charge is -2.05. The Hall–Kier alpha value is -1.81. The van der Waals surface area contributed by atoms with Crippen molar-refractivity contribution in [3.05, 3.63) is 62.4 Å². The van der Waals surface area contributed by atoms with Gasteiger partial charge in [0.25, 0.3) is 5.69 Å². The zero-order valence-corrected chi connectivity index (χ0v) is 10.9.